The van der Waals surface area contributed by atoms with Gasteiger partial charge in [-0.25, -0.2) is 0 Å². The molecule has 0 aromatic heterocycles. The van der Waals surface area contributed by atoms with Crippen LogP contribution in [0.25, 0.3) is 0 Å². The van der Waals surface area contributed by atoms with Gasteiger partial charge in [0.15, 0.2) is 0 Å². The van der Waals surface area contributed by atoms with Gasteiger partial charge in [-0.1, -0.05) is 25.0 Å². The van der Waals surface area contributed by atoms with Gasteiger partial charge in [-0.05, 0) is 37.3 Å². The molecule has 0 heterocycles. The Morgan fingerprint density at radius 3 is 2.69 bits per heavy atom. The third-order valence-corrected chi connectivity index (χ3v) is 4.45. The average Bonchev–Trinajstić information content (AvgIpc) is 2.74. The summed E-state index contributed by atoms with van der Waals surface area (Å²) in [5.41, 5.74) is 2.15. The normalized spacial score (nSPS) is 26.9. The van der Waals surface area contributed by atoms with Crippen LogP contribution >= 0.6 is 0 Å². The minimum Gasteiger partial charge on any atom is -0.508 e. The first-order valence-electron chi connectivity index (χ1n) is 6.23. The summed E-state index contributed by atoms with van der Waals surface area (Å²) in [6, 6.07) is 5.77. The van der Waals surface area contributed by atoms with Crippen molar-refractivity contribution in [3.05, 3.63) is 29.3 Å². The lowest BCUT2D eigenvalue weighted by molar-refractivity contribution is 0.0644. The van der Waals surface area contributed by atoms with E-state index in [9.17, 15) is 10.2 Å². The largest absolute Gasteiger partial charge is 0.508 e. The minimum absolute atomic E-state index is 0.140. The van der Waals surface area contributed by atoms with Crippen LogP contribution in [0, 0.1) is 0 Å². The minimum atomic E-state index is -0.268. The Hall–Kier alpha value is -1.02. The molecule has 1 fully saturated rings. The molecule has 1 saturated carbocycles. The van der Waals surface area contributed by atoms with E-state index in [0.717, 1.165) is 31.2 Å². The number of hydrogen-bond acceptors (Lipinski definition) is 2. The summed E-state index contributed by atoms with van der Waals surface area (Å²) in [6.45, 7) is 0. The smallest absolute Gasteiger partial charge is 0.119 e. The van der Waals surface area contributed by atoms with Gasteiger partial charge < -0.3 is 10.2 Å². The molecule has 2 aliphatic carbocycles. The molecule has 1 aromatic carbocycles. The number of rotatable bonds is 0. The van der Waals surface area contributed by atoms with Crippen LogP contribution in [0.15, 0.2) is 18.2 Å². The molecule has 0 saturated heterocycles. The van der Waals surface area contributed by atoms with Gasteiger partial charge >= 0.3 is 0 Å². The van der Waals surface area contributed by atoms with Crippen molar-refractivity contribution in [2.75, 3.05) is 0 Å². The third-order valence-electron chi connectivity index (χ3n) is 4.45. The molecule has 0 radical (unpaired) electrons. The molecule has 86 valence electrons. The van der Waals surface area contributed by atoms with Crippen molar-refractivity contribution in [3.8, 4) is 5.75 Å². The summed E-state index contributed by atoms with van der Waals surface area (Å²) in [5.74, 6) is 0.387. The molecule has 16 heavy (non-hydrogen) atoms. The van der Waals surface area contributed by atoms with Crippen LogP contribution in [0.5, 0.6) is 5.75 Å². The second kappa shape index (κ2) is 3.49. The van der Waals surface area contributed by atoms with Crippen molar-refractivity contribution >= 4 is 0 Å². The van der Waals surface area contributed by atoms with Gasteiger partial charge in [0.05, 0.1) is 6.10 Å². The van der Waals surface area contributed by atoms with E-state index in [0.29, 0.717) is 5.75 Å². The first-order chi connectivity index (χ1) is 7.74. The highest BCUT2D eigenvalue weighted by Crippen LogP contribution is 2.51. The SMILES string of the molecule is Oc1cccc2c1C1(CCCC1)C(O)CC2. The van der Waals surface area contributed by atoms with Gasteiger partial charge in [-0.15, -0.1) is 0 Å². The molecule has 2 N–H and O–H groups in total. The standard InChI is InChI=1S/C14H18O2/c15-11-5-3-4-10-6-7-12(16)14(13(10)11)8-1-2-9-14/h3-5,12,15-16H,1-2,6-9H2. The van der Waals surface area contributed by atoms with Crippen LogP contribution in [-0.2, 0) is 11.8 Å². The summed E-state index contributed by atoms with van der Waals surface area (Å²) in [6.07, 6.45) is 5.87. The van der Waals surface area contributed by atoms with E-state index in [1.165, 1.54) is 18.4 Å². The predicted molar refractivity (Wildman–Crippen MR) is 62.6 cm³/mol. The molecule has 2 nitrogen and oxygen atoms in total. The summed E-state index contributed by atoms with van der Waals surface area (Å²) in [4.78, 5) is 0. The van der Waals surface area contributed by atoms with Gasteiger partial charge in [0.2, 0.25) is 0 Å². The lowest BCUT2D eigenvalue weighted by Gasteiger charge is -2.40. The quantitative estimate of drug-likeness (QED) is 0.702. The van der Waals surface area contributed by atoms with Crippen LogP contribution in [0.4, 0.5) is 0 Å². The molecule has 2 aliphatic rings. The van der Waals surface area contributed by atoms with E-state index in [1.54, 1.807) is 6.07 Å². The highest BCUT2D eigenvalue weighted by molar-refractivity contribution is 5.48. The van der Waals surface area contributed by atoms with Gasteiger partial charge in [0.25, 0.3) is 0 Å². The lowest BCUT2D eigenvalue weighted by Crippen LogP contribution is -2.41. The second-order valence-corrected chi connectivity index (χ2v) is 5.23. The number of fused-ring (bicyclic) bond motifs is 2. The number of phenols is 1. The summed E-state index contributed by atoms with van der Waals surface area (Å²) in [5, 5.41) is 20.4. The van der Waals surface area contributed by atoms with Crippen molar-refractivity contribution in [3.63, 3.8) is 0 Å². The van der Waals surface area contributed by atoms with E-state index in [4.69, 9.17) is 0 Å². The molecule has 0 amide bonds. The van der Waals surface area contributed by atoms with E-state index in [2.05, 4.69) is 6.07 Å². The van der Waals surface area contributed by atoms with Crippen LogP contribution in [0.2, 0.25) is 0 Å². The van der Waals surface area contributed by atoms with Crippen LogP contribution in [0.1, 0.15) is 43.2 Å². The number of phenolic OH excluding ortho intramolecular Hbond substituents is 1. The highest BCUT2D eigenvalue weighted by atomic mass is 16.3. The van der Waals surface area contributed by atoms with Crippen molar-refractivity contribution in [1.82, 2.24) is 0 Å². The number of benzene rings is 1. The molecule has 1 unspecified atom stereocenters. The Morgan fingerprint density at radius 1 is 1.19 bits per heavy atom. The fraction of sp³-hybridized carbons (Fsp3) is 0.571. The molecule has 0 aliphatic heterocycles. The first kappa shape index (κ1) is 10.2. The number of aromatic hydroxyl groups is 1. The van der Waals surface area contributed by atoms with Crippen LogP contribution in [0.3, 0.4) is 0 Å². The Bertz CT molecular complexity index is 405. The second-order valence-electron chi connectivity index (χ2n) is 5.23. The molecule has 0 bridgehead atoms. The van der Waals surface area contributed by atoms with Gasteiger partial charge in [-0.3, -0.25) is 0 Å². The zero-order valence-corrected chi connectivity index (χ0v) is 9.45. The van der Waals surface area contributed by atoms with Crippen molar-refractivity contribution in [1.29, 1.82) is 0 Å². The highest BCUT2D eigenvalue weighted by Gasteiger charge is 2.46. The van der Waals surface area contributed by atoms with Crippen molar-refractivity contribution in [2.24, 2.45) is 0 Å². The van der Waals surface area contributed by atoms with E-state index < -0.39 is 0 Å². The molecule has 2 heteroatoms. The summed E-state index contributed by atoms with van der Waals surface area (Å²) in [7, 11) is 0. The maximum atomic E-state index is 10.3. The topological polar surface area (TPSA) is 40.5 Å². The van der Waals surface area contributed by atoms with Crippen LogP contribution < -0.4 is 0 Å². The van der Waals surface area contributed by atoms with Gasteiger partial charge in [0, 0.05) is 11.0 Å². The fourth-order valence-electron chi connectivity index (χ4n) is 3.69. The molecule has 1 spiro atoms. The first-order valence-corrected chi connectivity index (χ1v) is 6.23. The summed E-state index contributed by atoms with van der Waals surface area (Å²) >= 11 is 0. The van der Waals surface area contributed by atoms with Crippen molar-refractivity contribution in [2.45, 2.75) is 50.0 Å². The third kappa shape index (κ3) is 1.23. The van der Waals surface area contributed by atoms with E-state index in [1.807, 2.05) is 6.07 Å². The number of hydrogen-bond donors (Lipinski definition) is 2. The van der Waals surface area contributed by atoms with E-state index in [-0.39, 0.29) is 11.5 Å². The maximum Gasteiger partial charge on any atom is 0.119 e. The van der Waals surface area contributed by atoms with Gasteiger partial charge in [0.1, 0.15) is 5.75 Å². The Morgan fingerprint density at radius 2 is 1.94 bits per heavy atom. The molecule has 3 rings (SSSR count). The average molecular weight is 218 g/mol. The monoisotopic (exact) mass is 218 g/mol. The number of aliphatic hydroxyl groups excluding tert-OH is 1. The molecular weight excluding hydrogens is 200 g/mol. The predicted octanol–water partition coefficient (Wildman–Crippen LogP) is 2.51. The lowest BCUT2D eigenvalue weighted by atomic mass is 9.66. The fourth-order valence-corrected chi connectivity index (χ4v) is 3.69. The Kier molecular flexibility index (Phi) is 2.21. The Balaban J connectivity index is 2.19. The van der Waals surface area contributed by atoms with Gasteiger partial charge in [-0.2, -0.15) is 0 Å². The van der Waals surface area contributed by atoms with E-state index >= 15 is 0 Å². The molecule has 1 aromatic rings. The Labute approximate surface area is 95.9 Å². The molecule has 1 atom stereocenters. The number of aliphatic hydroxyl groups is 1. The van der Waals surface area contributed by atoms with Crippen molar-refractivity contribution < 1.29 is 10.2 Å². The zero-order valence-electron chi connectivity index (χ0n) is 9.45. The summed E-state index contributed by atoms with van der Waals surface area (Å²) < 4.78 is 0. The molecular formula is C14H18O2. The van der Waals surface area contributed by atoms with Crippen LogP contribution in [-0.4, -0.2) is 16.3 Å². The maximum absolute atomic E-state index is 10.3. The number of aryl methyl sites for hydroxylation is 1. The zero-order chi connectivity index (χ0) is 11.2.